The molecular formula is C15H25N3. The van der Waals surface area contributed by atoms with Gasteiger partial charge in [0.2, 0.25) is 0 Å². The Labute approximate surface area is 110 Å². The highest BCUT2D eigenvalue weighted by atomic mass is 15.0. The first-order valence-corrected chi connectivity index (χ1v) is 7.40. The van der Waals surface area contributed by atoms with Crippen LogP contribution in [-0.4, -0.2) is 16.0 Å². The average molecular weight is 247 g/mol. The summed E-state index contributed by atoms with van der Waals surface area (Å²) in [4.78, 5) is 9.25. The molecule has 0 bridgehead atoms. The summed E-state index contributed by atoms with van der Waals surface area (Å²) in [7, 11) is 0. The van der Waals surface area contributed by atoms with Gasteiger partial charge in [-0.25, -0.2) is 9.97 Å². The minimum absolute atomic E-state index is 0.749. The van der Waals surface area contributed by atoms with Crippen LogP contribution >= 0.6 is 0 Å². The van der Waals surface area contributed by atoms with Crippen molar-refractivity contribution in [3.05, 3.63) is 23.3 Å². The normalized spacial score (nSPS) is 15.0. The van der Waals surface area contributed by atoms with Crippen LogP contribution in [0.4, 0.5) is 0 Å². The number of aromatic nitrogens is 2. The van der Waals surface area contributed by atoms with E-state index in [-0.39, 0.29) is 0 Å². The highest BCUT2D eigenvalue weighted by Gasteiger charge is 2.20. The van der Waals surface area contributed by atoms with E-state index in [2.05, 4.69) is 24.1 Å². The molecule has 1 aliphatic carbocycles. The molecule has 1 saturated carbocycles. The maximum absolute atomic E-state index is 4.75. The summed E-state index contributed by atoms with van der Waals surface area (Å²) in [6.45, 7) is 5.36. The van der Waals surface area contributed by atoms with Gasteiger partial charge >= 0.3 is 0 Å². The van der Waals surface area contributed by atoms with E-state index in [1.807, 2.05) is 6.20 Å². The highest BCUT2D eigenvalue weighted by molar-refractivity contribution is 5.18. The number of nitrogens with zero attached hydrogens (tertiary/aromatic N) is 2. The molecular weight excluding hydrogens is 222 g/mol. The van der Waals surface area contributed by atoms with Gasteiger partial charge in [-0.1, -0.05) is 26.7 Å². The Balaban J connectivity index is 2.01. The zero-order valence-electron chi connectivity index (χ0n) is 11.7. The van der Waals surface area contributed by atoms with Gasteiger partial charge < -0.3 is 5.32 Å². The van der Waals surface area contributed by atoms with Gasteiger partial charge in [-0.2, -0.15) is 0 Å². The fourth-order valence-corrected chi connectivity index (χ4v) is 2.08. The zero-order valence-corrected chi connectivity index (χ0v) is 11.7. The van der Waals surface area contributed by atoms with E-state index in [4.69, 9.17) is 4.98 Å². The third-order valence-corrected chi connectivity index (χ3v) is 3.40. The molecule has 1 fully saturated rings. The molecule has 3 heteroatoms. The lowest BCUT2D eigenvalue weighted by molar-refractivity contribution is 0.663. The standard InChI is InChI=1S/C15H25N3/c1-3-5-7-15-17-11-12(10-16-13-8-9-13)14(18-15)6-4-2/h11,13,16H,3-10H2,1-2H3. The molecule has 3 nitrogen and oxygen atoms in total. The predicted molar refractivity (Wildman–Crippen MR) is 74.5 cm³/mol. The molecule has 1 N–H and O–H groups in total. The van der Waals surface area contributed by atoms with Crippen molar-refractivity contribution in [2.24, 2.45) is 0 Å². The molecule has 0 saturated heterocycles. The van der Waals surface area contributed by atoms with Crippen LogP contribution in [0.3, 0.4) is 0 Å². The van der Waals surface area contributed by atoms with Gasteiger partial charge in [0.15, 0.2) is 0 Å². The van der Waals surface area contributed by atoms with E-state index in [1.54, 1.807) is 0 Å². The van der Waals surface area contributed by atoms with Crippen molar-refractivity contribution in [1.29, 1.82) is 0 Å². The van der Waals surface area contributed by atoms with Crippen molar-refractivity contribution in [3.63, 3.8) is 0 Å². The van der Waals surface area contributed by atoms with Crippen LogP contribution in [0.15, 0.2) is 6.20 Å². The molecule has 1 aromatic heterocycles. The van der Waals surface area contributed by atoms with Crippen LogP contribution in [0.25, 0.3) is 0 Å². The van der Waals surface area contributed by atoms with Crippen molar-refractivity contribution in [1.82, 2.24) is 15.3 Å². The lowest BCUT2D eigenvalue weighted by atomic mass is 10.1. The van der Waals surface area contributed by atoms with E-state index in [0.29, 0.717) is 0 Å². The molecule has 1 aromatic rings. The lowest BCUT2D eigenvalue weighted by Gasteiger charge is -2.10. The van der Waals surface area contributed by atoms with Crippen LogP contribution in [0.2, 0.25) is 0 Å². The Morgan fingerprint density at radius 3 is 2.72 bits per heavy atom. The van der Waals surface area contributed by atoms with E-state index in [9.17, 15) is 0 Å². The van der Waals surface area contributed by atoms with E-state index in [1.165, 1.54) is 36.9 Å². The van der Waals surface area contributed by atoms with Gasteiger partial charge in [0.05, 0.1) is 0 Å². The number of hydrogen-bond acceptors (Lipinski definition) is 3. The van der Waals surface area contributed by atoms with E-state index < -0.39 is 0 Å². The summed E-state index contributed by atoms with van der Waals surface area (Å²) in [6, 6.07) is 0.749. The second-order valence-electron chi connectivity index (χ2n) is 5.27. The number of rotatable bonds is 8. The number of unbranched alkanes of at least 4 members (excludes halogenated alkanes) is 1. The molecule has 0 aromatic carbocycles. The van der Waals surface area contributed by atoms with Crippen molar-refractivity contribution in [2.45, 2.75) is 71.4 Å². The minimum Gasteiger partial charge on any atom is -0.310 e. The molecule has 1 aliphatic rings. The number of aryl methyl sites for hydroxylation is 2. The van der Waals surface area contributed by atoms with Gasteiger partial charge in [0.25, 0.3) is 0 Å². The van der Waals surface area contributed by atoms with Crippen LogP contribution < -0.4 is 5.32 Å². The van der Waals surface area contributed by atoms with Gasteiger partial charge in [-0.3, -0.25) is 0 Å². The molecule has 18 heavy (non-hydrogen) atoms. The highest BCUT2D eigenvalue weighted by Crippen LogP contribution is 2.20. The Morgan fingerprint density at radius 1 is 1.22 bits per heavy atom. The summed E-state index contributed by atoms with van der Waals surface area (Å²) in [5, 5.41) is 3.55. The Morgan fingerprint density at radius 2 is 2.06 bits per heavy atom. The molecule has 100 valence electrons. The topological polar surface area (TPSA) is 37.8 Å². The Hall–Kier alpha value is -0.960. The van der Waals surface area contributed by atoms with Crippen LogP contribution in [0.5, 0.6) is 0 Å². The van der Waals surface area contributed by atoms with Crippen LogP contribution in [0.1, 0.15) is 63.0 Å². The lowest BCUT2D eigenvalue weighted by Crippen LogP contribution is -2.18. The molecule has 0 radical (unpaired) electrons. The first-order valence-electron chi connectivity index (χ1n) is 7.40. The first-order chi connectivity index (χ1) is 8.83. The van der Waals surface area contributed by atoms with Gasteiger partial charge in [0, 0.05) is 36.5 Å². The number of nitrogens with one attached hydrogen (secondary N) is 1. The minimum atomic E-state index is 0.749. The predicted octanol–water partition coefficient (Wildman–Crippen LogP) is 3.02. The second-order valence-corrected chi connectivity index (χ2v) is 5.27. The molecule has 2 rings (SSSR count). The largest absolute Gasteiger partial charge is 0.310 e. The summed E-state index contributed by atoms with van der Waals surface area (Å²) < 4.78 is 0. The van der Waals surface area contributed by atoms with Crippen molar-refractivity contribution in [3.8, 4) is 0 Å². The van der Waals surface area contributed by atoms with Gasteiger partial charge in [0.1, 0.15) is 5.82 Å². The van der Waals surface area contributed by atoms with Crippen molar-refractivity contribution < 1.29 is 0 Å². The fraction of sp³-hybridized carbons (Fsp3) is 0.733. The molecule has 0 unspecified atom stereocenters. The van der Waals surface area contributed by atoms with Crippen molar-refractivity contribution >= 4 is 0 Å². The molecule has 0 atom stereocenters. The van der Waals surface area contributed by atoms with Crippen LogP contribution in [-0.2, 0) is 19.4 Å². The summed E-state index contributed by atoms with van der Waals surface area (Å²) in [5.74, 6) is 1.02. The second kappa shape index (κ2) is 6.83. The summed E-state index contributed by atoms with van der Waals surface area (Å²) in [6.07, 6.45) is 10.3. The Kier molecular flexibility index (Phi) is 5.12. The Bertz CT molecular complexity index is 372. The quantitative estimate of drug-likeness (QED) is 0.767. The summed E-state index contributed by atoms with van der Waals surface area (Å²) in [5.41, 5.74) is 2.55. The maximum Gasteiger partial charge on any atom is 0.128 e. The summed E-state index contributed by atoms with van der Waals surface area (Å²) >= 11 is 0. The first kappa shape index (κ1) is 13.5. The van der Waals surface area contributed by atoms with E-state index >= 15 is 0 Å². The smallest absolute Gasteiger partial charge is 0.128 e. The molecule has 0 amide bonds. The third-order valence-electron chi connectivity index (χ3n) is 3.40. The van der Waals surface area contributed by atoms with Crippen molar-refractivity contribution in [2.75, 3.05) is 0 Å². The van der Waals surface area contributed by atoms with Crippen LogP contribution in [0, 0.1) is 0 Å². The molecule has 0 aliphatic heterocycles. The molecule has 0 spiro atoms. The number of hydrogen-bond donors (Lipinski definition) is 1. The molecule has 1 heterocycles. The monoisotopic (exact) mass is 247 g/mol. The van der Waals surface area contributed by atoms with Gasteiger partial charge in [-0.05, 0) is 25.7 Å². The third kappa shape index (κ3) is 4.05. The average Bonchev–Trinajstić information content (AvgIpc) is 3.19. The fourth-order valence-electron chi connectivity index (χ4n) is 2.08. The SMILES string of the molecule is CCCCc1ncc(CNC2CC2)c(CCC)n1. The van der Waals surface area contributed by atoms with Gasteiger partial charge in [-0.15, -0.1) is 0 Å². The maximum atomic E-state index is 4.75. The van der Waals surface area contributed by atoms with E-state index in [0.717, 1.165) is 37.7 Å². The zero-order chi connectivity index (χ0) is 12.8.